The molecule has 1 saturated heterocycles. The lowest BCUT2D eigenvalue weighted by molar-refractivity contribution is -0.384. The van der Waals surface area contributed by atoms with E-state index in [1.807, 2.05) is 42.5 Å². The van der Waals surface area contributed by atoms with Crippen LogP contribution in [-0.4, -0.2) is 57.1 Å². The summed E-state index contributed by atoms with van der Waals surface area (Å²) in [6.45, 7) is 3.52. The predicted molar refractivity (Wildman–Crippen MR) is 155 cm³/mol. The van der Waals surface area contributed by atoms with Gasteiger partial charge in [0.05, 0.1) is 11.1 Å². The highest BCUT2D eigenvalue weighted by atomic mass is 16.6. The number of carbonyl (C=O) groups excluding carboxylic acids is 1. The molecule has 1 aliphatic heterocycles. The average Bonchev–Trinajstić information content (AvgIpc) is 3.46. The van der Waals surface area contributed by atoms with Gasteiger partial charge >= 0.3 is 0 Å². The SMILES string of the molecule is Nc1c(-c2ccc([N+](=O)[O-])cc2)cnc2c(-c3cccc(N4CCN(C(OC=O)c5ccccc5)CC4)c3)cnn12. The van der Waals surface area contributed by atoms with Crippen molar-refractivity contribution in [3.05, 3.63) is 107 Å². The monoisotopic (exact) mass is 549 g/mol. The molecule has 0 aliphatic carbocycles. The minimum atomic E-state index is -0.438. The third-order valence-corrected chi connectivity index (χ3v) is 7.39. The van der Waals surface area contributed by atoms with E-state index in [0.717, 1.165) is 48.6 Å². The zero-order chi connectivity index (χ0) is 28.3. The van der Waals surface area contributed by atoms with Crippen molar-refractivity contribution in [2.24, 2.45) is 0 Å². The largest absolute Gasteiger partial charge is 0.444 e. The van der Waals surface area contributed by atoms with Gasteiger partial charge in [0.2, 0.25) is 0 Å². The first kappa shape index (κ1) is 26.0. The number of anilines is 2. The Balaban J connectivity index is 1.22. The van der Waals surface area contributed by atoms with E-state index in [-0.39, 0.29) is 5.69 Å². The molecular formula is C30H27N7O4. The quantitative estimate of drug-likeness (QED) is 0.168. The van der Waals surface area contributed by atoms with Gasteiger partial charge in [-0.2, -0.15) is 9.61 Å². The van der Waals surface area contributed by atoms with E-state index < -0.39 is 11.2 Å². The Hall–Kier alpha value is -5.29. The van der Waals surface area contributed by atoms with Gasteiger partial charge in [-0.15, -0.1) is 0 Å². The summed E-state index contributed by atoms with van der Waals surface area (Å²) in [5.74, 6) is 0.396. The summed E-state index contributed by atoms with van der Waals surface area (Å²) in [5.41, 5.74) is 12.3. The summed E-state index contributed by atoms with van der Waals surface area (Å²) in [6, 6.07) is 24.2. The summed E-state index contributed by atoms with van der Waals surface area (Å²) in [6.07, 6.45) is 3.01. The van der Waals surface area contributed by atoms with Crippen molar-refractivity contribution in [1.82, 2.24) is 19.5 Å². The van der Waals surface area contributed by atoms with E-state index in [1.165, 1.54) is 12.1 Å². The number of benzene rings is 3. The molecule has 3 heterocycles. The molecule has 0 radical (unpaired) electrons. The molecule has 11 nitrogen and oxygen atoms in total. The second kappa shape index (κ2) is 11.1. The number of non-ortho nitro benzene ring substituents is 1. The van der Waals surface area contributed by atoms with Crippen molar-refractivity contribution < 1.29 is 14.5 Å². The van der Waals surface area contributed by atoms with Crippen LogP contribution in [0.2, 0.25) is 0 Å². The van der Waals surface area contributed by atoms with Crippen molar-refractivity contribution >= 4 is 29.3 Å². The smallest absolute Gasteiger partial charge is 0.294 e. The van der Waals surface area contributed by atoms with E-state index in [9.17, 15) is 14.9 Å². The zero-order valence-electron chi connectivity index (χ0n) is 22.0. The van der Waals surface area contributed by atoms with E-state index in [1.54, 1.807) is 29.0 Å². The number of carbonyl (C=O) groups is 1. The Morgan fingerprint density at radius 1 is 0.902 bits per heavy atom. The molecule has 0 spiro atoms. The summed E-state index contributed by atoms with van der Waals surface area (Å²) in [5, 5.41) is 15.5. The van der Waals surface area contributed by atoms with Crippen LogP contribution >= 0.6 is 0 Å². The fourth-order valence-electron chi connectivity index (χ4n) is 5.27. The lowest BCUT2D eigenvalue weighted by Gasteiger charge is -2.39. The molecule has 1 unspecified atom stereocenters. The van der Waals surface area contributed by atoms with Gasteiger partial charge in [0.1, 0.15) is 5.82 Å². The number of nitrogens with two attached hydrogens (primary N) is 1. The number of nitro benzene ring substituents is 1. The molecule has 2 N–H and O–H groups in total. The van der Waals surface area contributed by atoms with Gasteiger partial charge in [0.25, 0.3) is 12.2 Å². The molecule has 0 saturated carbocycles. The van der Waals surface area contributed by atoms with Crippen LogP contribution in [0.15, 0.2) is 91.3 Å². The van der Waals surface area contributed by atoms with Crippen molar-refractivity contribution in [2.45, 2.75) is 6.23 Å². The molecule has 206 valence electrons. The van der Waals surface area contributed by atoms with E-state index in [2.05, 4.69) is 32.0 Å². The maximum atomic E-state index is 11.2. The Kier molecular flexibility index (Phi) is 7.00. The number of hydrogen-bond acceptors (Lipinski definition) is 9. The number of aromatic nitrogens is 3. The van der Waals surface area contributed by atoms with Gasteiger partial charge in [-0.3, -0.25) is 19.8 Å². The maximum Gasteiger partial charge on any atom is 0.294 e. The van der Waals surface area contributed by atoms with Crippen LogP contribution in [0.4, 0.5) is 17.2 Å². The summed E-state index contributed by atoms with van der Waals surface area (Å²) >= 11 is 0. The first-order valence-electron chi connectivity index (χ1n) is 13.1. The second-order valence-corrected chi connectivity index (χ2v) is 9.72. The molecule has 11 heteroatoms. The van der Waals surface area contributed by atoms with Crippen LogP contribution < -0.4 is 10.6 Å². The Bertz CT molecular complexity index is 1700. The van der Waals surface area contributed by atoms with Gasteiger partial charge in [-0.1, -0.05) is 42.5 Å². The molecule has 41 heavy (non-hydrogen) atoms. The van der Waals surface area contributed by atoms with E-state index in [4.69, 9.17) is 10.5 Å². The highest BCUT2D eigenvalue weighted by molar-refractivity contribution is 5.83. The third-order valence-electron chi connectivity index (χ3n) is 7.39. The molecule has 3 aromatic carbocycles. The fraction of sp³-hybridized carbons (Fsp3) is 0.167. The molecule has 6 rings (SSSR count). The topological polar surface area (TPSA) is 132 Å². The second-order valence-electron chi connectivity index (χ2n) is 9.72. The molecule has 0 amide bonds. The minimum absolute atomic E-state index is 0.00865. The maximum absolute atomic E-state index is 11.2. The summed E-state index contributed by atoms with van der Waals surface area (Å²) < 4.78 is 7.04. The Morgan fingerprint density at radius 3 is 2.37 bits per heavy atom. The van der Waals surface area contributed by atoms with Crippen LogP contribution in [0.3, 0.4) is 0 Å². The van der Waals surface area contributed by atoms with E-state index in [0.29, 0.717) is 29.1 Å². The number of nitrogens with zero attached hydrogens (tertiary/aromatic N) is 6. The Morgan fingerprint density at radius 2 is 1.66 bits per heavy atom. The molecule has 2 aromatic heterocycles. The predicted octanol–water partition coefficient (Wildman–Crippen LogP) is 4.55. The van der Waals surface area contributed by atoms with Gasteiger partial charge < -0.3 is 15.4 Å². The highest BCUT2D eigenvalue weighted by Crippen LogP contribution is 2.33. The fourth-order valence-corrected chi connectivity index (χ4v) is 5.27. The molecule has 1 fully saturated rings. The van der Waals surface area contributed by atoms with Crippen molar-refractivity contribution in [2.75, 3.05) is 36.8 Å². The van der Waals surface area contributed by atoms with Gasteiger partial charge in [-0.05, 0) is 35.4 Å². The molecule has 5 aromatic rings. The lowest BCUT2D eigenvalue weighted by atomic mass is 10.1. The third kappa shape index (κ3) is 5.06. The minimum Gasteiger partial charge on any atom is -0.444 e. The number of fused-ring (bicyclic) bond motifs is 1. The number of rotatable bonds is 8. The molecule has 1 aliphatic rings. The molecule has 1 atom stereocenters. The average molecular weight is 550 g/mol. The normalized spacial score (nSPS) is 14.6. The Labute approximate surface area is 235 Å². The van der Waals surface area contributed by atoms with Gasteiger partial charge in [0, 0.05) is 66.9 Å². The highest BCUT2D eigenvalue weighted by Gasteiger charge is 2.26. The summed E-state index contributed by atoms with van der Waals surface area (Å²) in [4.78, 5) is 30.9. The van der Waals surface area contributed by atoms with Crippen LogP contribution in [0.1, 0.15) is 11.8 Å². The van der Waals surface area contributed by atoms with Crippen molar-refractivity contribution in [1.29, 1.82) is 0 Å². The zero-order valence-corrected chi connectivity index (χ0v) is 22.0. The van der Waals surface area contributed by atoms with Crippen molar-refractivity contribution in [3.63, 3.8) is 0 Å². The molecular weight excluding hydrogens is 522 g/mol. The van der Waals surface area contributed by atoms with Crippen molar-refractivity contribution in [3.8, 4) is 22.3 Å². The van der Waals surface area contributed by atoms with Gasteiger partial charge in [0.15, 0.2) is 11.9 Å². The first-order valence-corrected chi connectivity index (χ1v) is 13.1. The van der Waals surface area contributed by atoms with Gasteiger partial charge in [-0.25, -0.2) is 4.98 Å². The van der Waals surface area contributed by atoms with Crippen LogP contribution in [0.25, 0.3) is 27.9 Å². The van der Waals surface area contributed by atoms with Crippen LogP contribution in [0.5, 0.6) is 0 Å². The summed E-state index contributed by atoms with van der Waals surface area (Å²) in [7, 11) is 0. The number of piperazine rings is 1. The molecule has 0 bridgehead atoms. The van der Waals surface area contributed by atoms with Crippen LogP contribution in [-0.2, 0) is 9.53 Å². The standard InChI is InChI=1S/C30H27N7O4/c31-28-26(21-9-11-24(12-10-21)37(39)40)18-32-29-27(19-33-36(28)29)23-7-4-8-25(17-23)34-13-15-35(16-14-34)30(41-20-38)22-5-2-1-3-6-22/h1-12,17-20,30H,13-16,31H2. The van der Waals surface area contributed by atoms with Crippen LogP contribution in [0, 0.1) is 10.1 Å². The van der Waals surface area contributed by atoms with E-state index >= 15 is 0 Å². The first-order chi connectivity index (χ1) is 20.0. The lowest BCUT2D eigenvalue weighted by Crippen LogP contribution is -2.48. The number of nitrogen functional groups attached to an aromatic ring is 1. The number of ether oxygens (including phenoxy) is 1. The number of hydrogen-bond donors (Lipinski definition) is 1. The number of nitro groups is 1.